The lowest BCUT2D eigenvalue weighted by atomic mass is 9.84. The number of carbonyl (C=O) groups excluding carboxylic acids is 1. The highest BCUT2D eigenvalue weighted by Crippen LogP contribution is 2.26. The van der Waals surface area contributed by atoms with Gasteiger partial charge in [-0.2, -0.15) is 0 Å². The predicted molar refractivity (Wildman–Crippen MR) is 82.0 cm³/mol. The number of carboxylic acids is 1. The number of hydrogen-bond acceptors (Lipinski definition) is 3. The standard InChI is InChI=1S/C16H16ClNO4/c1-16(2,10-4-3-5-11(17)8-10)15(21)18-9-12-6-7-13(22-12)14(19)20/h3-8H,9H2,1-2H3,(H,18,21)(H,19,20). The van der Waals surface area contributed by atoms with E-state index in [4.69, 9.17) is 21.1 Å². The van der Waals surface area contributed by atoms with Gasteiger partial charge in [0.15, 0.2) is 0 Å². The second-order valence-corrected chi connectivity index (χ2v) is 5.83. The molecule has 0 bridgehead atoms. The normalized spacial score (nSPS) is 11.2. The molecule has 0 saturated carbocycles. The van der Waals surface area contributed by atoms with Crippen LogP contribution >= 0.6 is 11.6 Å². The average molecular weight is 322 g/mol. The van der Waals surface area contributed by atoms with Crippen LogP contribution in [0.4, 0.5) is 0 Å². The van der Waals surface area contributed by atoms with Gasteiger partial charge < -0.3 is 14.8 Å². The summed E-state index contributed by atoms with van der Waals surface area (Å²) in [6, 6.07) is 9.99. The molecule has 116 valence electrons. The highest BCUT2D eigenvalue weighted by Gasteiger charge is 2.29. The van der Waals surface area contributed by atoms with Crippen LogP contribution in [0.15, 0.2) is 40.8 Å². The molecule has 0 aliphatic rings. The number of carbonyl (C=O) groups is 2. The zero-order valence-corrected chi connectivity index (χ0v) is 13.0. The molecule has 22 heavy (non-hydrogen) atoms. The molecule has 1 amide bonds. The number of furan rings is 1. The van der Waals surface area contributed by atoms with Gasteiger partial charge in [0.1, 0.15) is 5.76 Å². The Kier molecular flexibility index (Phi) is 4.56. The van der Waals surface area contributed by atoms with E-state index in [0.29, 0.717) is 10.8 Å². The Labute approximate surface area is 132 Å². The summed E-state index contributed by atoms with van der Waals surface area (Å²) in [7, 11) is 0. The lowest BCUT2D eigenvalue weighted by molar-refractivity contribution is -0.125. The first-order valence-corrected chi connectivity index (χ1v) is 7.05. The van der Waals surface area contributed by atoms with Crippen molar-refractivity contribution < 1.29 is 19.1 Å². The molecule has 1 heterocycles. The third-order valence-electron chi connectivity index (χ3n) is 3.41. The maximum atomic E-state index is 12.4. The van der Waals surface area contributed by atoms with E-state index < -0.39 is 11.4 Å². The molecule has 1 aromatic heterocycles. The van der Waals surface area contributed by atoms with Crippen LogP contribution < -0.4 is 5.32 Å². The van der Waals surface area contributed by atoms with Crippen molar-refractivity contribution >= 4 is 23.5 Å². The Hall–Kier alpha value is -2.27. The van der Waals surface area contributed by atoms with Crippen LogP contribution in [0.2, 0.25) is 5.02 Å². The number of aromatic carboxylic acids is 1. The minimum absolute atomic E-state index is 0.121. The maximum Gasteiger partial charge on any atom is 0.371 e. The molecule has 0 atom stereocenters. The Morgan fingerprint density at radius 3 is 2.59 bits per heavy atom. The summed E-state index contributed by atoms with van der Waals surface area (Å²) in [6.07, 6.45) is 0. The number of amides is 1. The summed E-state index contributed by atoms with van der Waals surface area (Å²) in [4.78, 5) is 23.1. The highest BCUT2D eigenvalue weighted by atomic mass is 35.5. The molecule has 0 radical (unpaired) electrons. The molecule has 2 rings (SSSR count). The van der Waals surface area contributed by atoms with Crippen molar-refractivity contribution in [3.8, 4) is 0 Å². The van der Waals surface area contributed by atoms with Gasteiger partial charge in [-0.3, -0.25) is 4.79 Å². The maximum absolute atomic E-state index is 12.4. The van der Waals surface area contributed by atoms with Crippen molar-refractivity contribution in [2.75, 3.05) is 0 Å². The van der Waals surface area contributed by atoms with Crippen molar-refractivity contribution in [2.24, 2.45) is 0 Å². The van der Waals surface area contributed by atoms with Gasteiger partial charge in [0.25, 0.3) is 0 Å². The van der Waals surface area contributed by atoms with E-state index >= 15 is 0 Å². The fourth-order valence-electron chi connectivity index (χ4n) is 1.98. The first kappa shape index (κ1) is 16.1. The van der Waals surface area contributed by atoms with Gasteiger partial charge in [0.05, 0.1) is 12.0 Å². The number of halogens is 1. The van der Waals surface area contributed by atoms with E-state index in [0.717, 1.165) is 5.56 Å². The second kappa shape index (κ2) is 6.23. The van der Waals surface area contributed by atoms with Crippen LogP contribution in [-0.2, 0) is 16.8 Å². The van der Waals surface area contributed by atoms with Crippen molar-refractivity contribution in [1.29, 1.82) is 0 Å². The van der Waals surface area contributed by atoms with Crippen molar-refractivity contribution in [1.82, 2.24) is 5.32 Å². The predicted octanol–water partition coefficient (Wildman–Crippen LogP) is 3.23. The second-order valence-electron chi connectivity index (χ2n) is 5.39. The summed E-state index contributed by atoms with van der Waals surface area (Å²) in [5.41, 5.74) is 0.0239. The molecule has 0 aliphatic heterocycles. The van der Waals surface area contributed by atoms with Gasteiger partial charge in [0, 0.05) is 5.02 Å². The number of rotatable bonds is 5. The minimum Gasteiger partial charge on any atom is -0.475 e. The van der Waals surface area contributed by atoms with Gasteiger partial charge in [-0.15, -0.1) is 0 Å². The molecule has 0 unspecified atom stereocenters. The lowest BCUT2D eigenvalue weighted by Gasteiger charge is -2.24. The van der Waals surface area contributed by atoms with Crippen LogP contribution in [0.5, 0.6) is 0 Å². The Morgan fingerprint density at radius 1 is 1.27 bits per heavy atom. The summed E-state index contributed by atoms with van der Waals surface area (Å²) in [6.45, 7) is 3.70. The third kappa shape index (κ3) is 3.49. The van der Waals surface area contributed by atoms with E-state index in [2.05, 4.69) is 5.32 Å². The Morgan fingerprint density at radius 2 is 2.00 bits per heavy atom. The fraction of sp³-hybridized carbons (Fsp3) is 0.250. The quantitative estimate of drug-likeness (QED) is 0.886. The molecule has 0 aliphatic carbocycles. The molecule has 0 fully saturated rings. The largest absolute Gasteiger partial charge is 0.475 e. The topological polar surface area (TPSA) is 79.5 Å². The Balaban J connectivity index is 2.05. The average Bonchev–Trinajstić information content (AvgIpc) is 2.93. The molecule has 5 nitrogen and oxygen atoms in total. The van der Waals surface area contributed by atoms with Gasteiger partial charge >= 0.3 is 5.97 Å². The molecule has 1 aromatic carbocycles. The monoisotopic (exact) mass is 321 g/mol. The van der Waals surface area contributed by atoms with Crippen molar-refractivity contribution in [3.63, 3.8) is 0 Å². The molecule has 0 spiro atoms. The number of carboxylic acid groups (broad SMARTS) is 1. The van der Waals surface area contributed by atoms with Crippen LogP contribution in [0.1, 0.15) is 35.7 Å². The Bertz CT molecular complexity index is 706. The highest BCUT2D eigenvalue weighted by molar-refractivity contribution is 6.30. The van der Waals surface area contributed by atoms with Gasteiger partial charge in [-0.1, -0.05) is 23.7 Å². The smallest absolute Gasteiger partial charge is 0.371 e. The van der Waals surface area contributed by atoms with Crippen LogP contribution in [0, 0.1) is 0 Å². The van der Waals surface area contributed by atoms with Crippen molar-refractivity contribution in [3.05, 3.63) is 58.5 Å². The molecule has 2 aromatic rings. The zero-order chi connectivity index (χ0) is 16.3. The number of hydrogen-bond donors (Lipinski definition) is 2. The molecule has 2 N–H and O–H groups in total. The van der Waals surface area contributed by atoms with Gasteiger partial charge in [-0.25, -0.2) is 4.79 Å². The lowest BCUT2D eigenvalue weighted by Crippen LogP contribution is -2.39. The first-order valence-electron chi connectivity index (χ1n) is 6.67. The van der Waals surface area contributed by atoms with E-state index in [1.807, 2.05) is 6.07 Å². The SMILES string of the molecule is CC(C)(C(=O)NCc1ccc(C(=O)O)o1)c1cccc(Cl)c1. The number of benzene rings is 1. The van der Waals surface area contributed by atoms with E-state index in [9.17, 15) is 9.59 Å². The van der Waals surface area contributed by atoms with Crippen LogP contribution in [0.25, 0.3) is 0 Å². The van der Waals surface area contributed by atoms with E-state index in [1.165, 1.54) is 12.1 Å². The summed E-state index contributed by atoms with van der Waals surface area (Å²) >= 11 is 5.96. The molecule has 0 saturated heterocycles. The number of nitrogens with one attached hydrogen (secondary N) is 1. The summed E-state index contributed by atoms with van der Waals surface area (Å²) in [5, 5.41) is 12.1. The zero-order valence-electron chi connectivity index (χ0n) is 12.2. The first-order chi connectivity index (χ1) is 10.3. The van der Waals surface area contributed by atoms with Crippen LogP contribution in [-0.4, -0.2) is 17.0 Å². The molecular weight excluding hydrogens is 306 g/mol. The van der Waals surface area contributed by atoms with E-state index in [-0.39, 0.29) is 18.2 Å². The van der Waals surface area contributed by atoms with Gasteiger partial charge in [0.2, 0.25) is 11.7 Å². The van der Waals surface area contributed by atoms with E-state index in [1.54, 1.807) is 32.0 Å². The third-order valence-corrected chi connectivity index (χ3v) is 3.64. The molecular formula is C16H16ClNO4. The fourth-order valence-corrected chi connectivity index (χ4v) is 2.17. The summed E-state index contributed by atoms with van der Waals surface area (Å²) < 4.78 is 5.10. The van der Waals surface area contributed by atoms with Crippen LogP contribution in [0.3, 0.4) is 0 Å². The van der Waals surface area contributed by atoms with Crippen molar-refractivity contribution in [2.45, 2.75) is 25.8 Å². The van der Waals surface area contributed by atoms with Gasteiger partial charge in [-0.05, 0) is 43.7 Å². The molecule has 6 heteroatoms. The minimum atomic E-state index is -1.14. The summed E-state index contributed by atoms with van der Waals surface area (Å²) in [5.74, 6) is -1.12.